The topological polar surface area (TPSA) is 47.6 Å². The van der Waals surface area contributed by atoms with Crippen molar-refractivity contribution >= 4 is 23.3 Å². The van der Waals surface area contributed by atoms with Crippen LogP contribution in [0.5, 0.6) is 0 Å². The van der Waals surface area contributed by atoms with Crippen molar-refractivity contribution in [3.05, 3.63) is 28.8 Å². The Balaban J connectivity index is 2.21. The van der Waals surface area contributed by atoms with Crippen LogP contribution in [0.2, 0.25) is 5.02 Å². The van der Waals surface area contributed by atoms with E-state index >= 15 is 0 Å². The van der Waals surface area contributed by atoms with Crippen molar-refractivity contribution in [2.24, 2.45) is 0 Å². The van der Waals surface area contributed by atoms with Crippen LogP contribution in [0.4, 0.5) is 5.69 Å². The molecule has 0 amide bonds. The molecular weight excluding hydrogens is 278 g/mol. The normalized spacial score (nSPS) is 22.4. The van der Waals surface area contributed by atoms with E-state index in [2.05, 4.69) is 5.32 Å². The summed E-state index contributed by atoms with van der Waals surface area (Å²) >= 11 is 5.96. The summed E-state index contributed by atoms with van der Waals surface area (Å²) in [5.41, 5.74) is 1.20. The van der Waals surface area contributed by atoms with E-state index < -0.39 is 0 Å². The molecule has 0 aliphatic heterocycles. The van der Waals surface area contributed by atoms with E-state index in [4.69, 9.17) is 21.1 Å². The average molecular weight is 298 g/mol. The maximum atomic E-state index is 11.8. The number of anilines is 1. The van der Waals surface area contributed by atoms with Crippen LogP contribution >= 0.6 is 11.6 Å². The zero-order chi connectivity index (χ0) is 14.5. The van der Waals surface area contributed by atoms with Crippen LogP contribution in [0.1, 0.15) is 36.0 Å². The molecule has 1 aromatic carbocycles. The van der Waals surface area contributed by atoms with Gasteiger partial charge in [-0.2, -0.15) is 0 Å². The molecule has 2 atom stereocenters. The fourth-order valence-corrected chi connectivity index (χ4v) is 2.84. The lowest BCUT2D eigenvalue weighted by Gasteiger charge is -2.32. The molecule has 0 spiro atoms. The van der Waals surface area contributed by atoms with Gasteiger partial charge in [0.25, 0.3) is 0 Å². The van der Waals surface area contributed by atoms with Crippen molar-refractivity contribution in [2.45, 2.75) is 37.8 Å². The summed E-state index contributed by atoms with van der Waals surface area (Å²) in [6, 6.07) is 5.41. The monoisotopic (exact) mass is 297 g/mol. The number of rotatable bonds is 4. The second-order valence-electron chi connectivity index (χ2n) is 4.99. The van der Waals surface area contributed by atoms with Crippen LogP contribution in [0.15, 0.2) is 18.2 Å². The van der Waals surface area contributed by atoms with Gasteiger partial charge in [-0.05, 0) is 31.0 Å². The van der Waals surface area contributed by atoms with Gasteiger partial charge in [0.05, 0.1) is 24.8 Å². The Bertz CT molecular complexity index is 478. The van der Waals surface area contributed by atoms with E-state index in [1.54, 1.807) is 19.2 Å². The van der Waals surface area contributed by atoms with E-state index in [0.717, 1.165) is 18.5 Å². The largest absolute Gasteiger partial charge is 0.465 e. The van der Waals surface area contributed by atoms with Gasteiger partial charge in [-0.25, -0.2) is 4.79 Å². The summed E-state index contributed by atoms with van der Waals surface area (Å²) in [4.78, 5) is 11.8. The van der Waals surface area contributed by atoms with Gasteiger partial charge >= 0.3 is 5.97 Å². The summed E-state index contributed by atoms with van der Waals surface area (Å²) in [6.45, 7) is 0. The highest BCUT2D eigenvalue weighted by Gasteiger charge is 2.26. The molecule has 0 aromatic heterocycles. The van der Waals surface area contributed by atoms with Crippen molar-refractivity contribution in [3.63, 3.8) is 0 Å². The number of benzene rings is 1. The molecule has 5 heteroatoms. The van der Waals surface area contributed by atoms with Gasteiger partial charge in [0.15, 0.2) is 0 Å². The first-order valence-electron chi connectivity index (χ1n) is 6.83. The van der Waals surface area contributed by atoms with E-state index in [9.17, 15) is 4.79 Å². The van der Waals surface area contributed by atoms with Crippen LogP contribution in [-0.2, 0) is 9.47 Å². The third kappa shape index (κ3) is 3.44. The van der Waals surface area contributed by atoms with Gasteiger partial charge in [-0.3, -0.25) is 0 Å². The molecule has 110 valence electrons. The van der Waals surface area contributed by atoms with Gasteiger partial charge in [0.1, 0.15) is 0 Å². The number of hydrogen-bond acceptors (Lipinski definition) is 4. The molecule has 0 heterocycles. The lowest BCUT2D eigenvalue weighted by atomic mass is 9.92. The molecule has 0 bridgehead atoms. The van der Waals surface area contributed by atoms with E-state index in [1.165, 1.54) is 20.0 Å². The van der Waals surface area contributed by atoms with Crippen LogP contribution < -0.4 is 5.32 Å². The Hall–Kier alpha value is -1.26. The van der Waals surface area contributed by atoms with Crippen LogP contribution in [0.3, 0.4) is 0 Å². The van der Waals surface area contributed by atoms with Crippen molar-refractivity contribution in [3.8, 4) is 0 Å². The Morgan fingerprint density at radius 1 is 1.30 bits per heavy atom. The quantitative estimate of drug-likeness (QED) is 0.864. The van der Waals surface area contributed by atoms with Crippen molar-refractivity contribution < 1.29 is 14.3 Å². The molecule has 20 heavy (non-hydrogen) atoms. The zero-order valence-electron chi connectivity index (χ0n) is 11.8. The smallest absolute Gasteiger partial charge is 0.340 e. The predicted octanol–water partition coefficient (Wildman–Crippen LogP) is 3.50. The maximum Gasteiger partial charge on any atom is 0.340 e. The number of nitrogens with one attached hydrogen (secondary N) is 1. The minimum atomic E-state index is -0.389. The Morgan fingerprint density at radius 2 is 2.05 bits per heavy atom. The highest BCUT2D eigenvalue weighted by Crippen LogP contribution is 2.27. The lowest BCUT2D eigenvalue weighted by molar-refractivity contribution is 0.0586. The Labute approximate surface area is 124 Å². The third-order valence-corrected chi connectivity index (χ3v) is 3.97. The highest BCUT2D eigenvalue weighted by molar-refractivity contribution is 6.31. The maximum absolute atomic E-state index is 11.8. The summed E-state index contributed by atoms with van der Waals surface area (Å²) < 4.78 is 10.3. The minimum absolute atomic E-state index is 0.171. The number of ether oxygens (including phenoxy) is 2. The first-order chi connectivity index (χ1) is 9.65. The van der Waals surface area contributed by atoms with Gasteiger partial charge in [-0.1, -0.05) is 24.4 Å². The summed E-state index contributed by atoms with van der Waals surface area (Å²) in [6.07, 6.45) is 4.58. The molecular formula is C15H20ClNO3. The first kappa shape index (κ1) is 15.1. The molecule has 2 unspecified atom stereocenters. The van der Waals surface area contributed by atoms with Crippen molar-refractivity contribution in [1.29, 1.82) is 0 Å². The summed E-state index contributed by atoms with van der Waals surface area (Å²) in [7, 11) is 3.10. The number of halogens is 1. The molecule has 1 aliphatic carbocycles. The van der Waals surface area contributed by atoms with Crippen LogP contribution in [-0.4, -0.2) is 32.3 Å². The van der Waals surface area contributed by atoms with Crippen molar-refractivity contribution in [1.82, 2.24) is 0 Å². The molecule has 0 radical (unpaired) electrons. The number of methoxy groups -OCH3 is 2. The standard InChI is InChI=1S/C15H20ClNO3/c1-19-14-6-4-3-5-13(14)17-12-8-7-10(16)9-11(12)15(18)20-2/h7-9,13-14,17H,3-6H2,1-2H3. The van der Waals surface area contributed by atoms with Crippen LogP contribution in [0.25, 0.3) is 0 Å². The molecule has 1 aromatic rings. The molecule has 0 saturated heterocycles. The van der Waals surface area contributed by atoms with Gasteiger partial charge in [0.2, 0.25) is 0 Å². The molecule has 4 nitrogen and oxygen atoms in total. The summed E-state index contributed by atoms with van der Waals surface area (Å²) in [5, 5.41) is 3.93. The van der Waals surface area contributed by atoms with Gasteiger partial charge in [0, 0.05) is 17.8 Å². The Morgan fingerprint density at radius 3 is 2.75 bits per heavy atom. The fourth-order valence-electron chi connectivity index (χ4n) is 2.66. The lowest BCUT2D eigenvalue weighted by Crippen LogP contribution is -2.38. The molecule has 1 saturated carbocycles. The number of carbonyl (C=O) groups is 1. The second-order valence-corrected chi connectivity index (χ2v) is 5.43. The number of esters is 1. The molecule has 2 rings (SSSR count). The van der Waals surface area contributed by atoms with Gasteiger partial charge in [-0.15, -0.1) is 0 Å². The zero-order valence-corrected chi connectivity index (χ0v) is 12.6. The summed E-state index contributed by atoms with van der Waals surface area (Å²) in [5.74, 6) is -0.389. The first-order valence-corrected chi connectivity index (χ1v) is 7.20. The van der Waals surface area contributed by atoms with Crippen LogP contribution in [0, 0.1) is 0 Å². The Kier molecular flexibility index (Phi) is 5.26. The second kappa shape index (κ2) is 6.95. The minimum Gasteiger partial charge on any atom is -0.465 e. The average Bonchev–Trinajstić information content (AvgIpc) is 2.48. The highest BCUT2D eigenvalue weighted by atomic mass is 35.5. The fraction of sp³-hybridized carbons (Fsp3) is 0.533. The SMILES string of the molecule is COC(=O)c1cc(Cl)ccc1NC1CCCCC1OC. The predicted molar refractivity (Wildman–Crippen MR) is 79.5 cm³/mol. The van der Waals surface area contributed by atoms with E-state index in [-0.39, 0.29) is 18.1 Å². The molecule has 1 fully saturated rings. The van der Waals surface area contributed by atoms with Crippen molar-refractivity contribution in [2.75, 3.05) is 19.5 Å². The molecule has 1 N–H and O–H groups in total. The van der Waals surface area contributed by atoms with E-state index in [0.29, 0.717) is 10.6 Å². The van der Waals surface area contributed by atoms with E-state index in [1.807, 2.05) is 6.07 Å². The number of hydrogen-bond donors (Lipinski definition) is 1. The van der Waals surface area contributed by atoms with Gasteiger partial charge < -0.3 is 14.8 Å². The number of carbonyl (C=O) groups excluding carboxylic acids is 1. The third-order valence-electron chi connectivity index (χ3n) is 3.73. The molecule has 1 aliphatic rings.